The Bertz CT molecular complexity index is 309. The fraction of sp³-hybridized carbons (Fsp3) is 0.846. The van der Waals surface area contributed by atoms with Crippen LogP contribution in [0.2, 0.25) is 0 Å². The molecule has 1 saturated carbocycles. The Morgan fingerprint density at radius 3 is 2.44 bits per heavy atom. The van der Waals surface area contributed by atoms with Gasteiger partial charge >= 0.3 is 5.97 Å². The molecule has 3 N–H and O–H groups in total. The molecule has 1 fully saturated rings. The van der Waals surface area contributed by atoms with Crippen molar-refractivity contribution in [1.29, 1.82) is 0 Å². The lowest BCUT2D eigenvalue weighted by atomic mass is 9.77. The van der Waals surface area contributed by atoms with Gasteiger partial charge < -0.3 is 15.8 Å². The van der Waals surface area contributed by atoms with Gasteiger partial charge in [-0.3, -0.25) is 4.79 Å². The van der Waals surface area contributed by atoms with Gasteiger partial charge in [-0.25, -0.2) is 4.79 Å². The molecule has 0 aromatic carbocycles. The van der Waals surface area contributed by atoms with Crippen molar-refractivity contribution in [2.24, 2.45) is 17.6 Å². The molecule has 1 amide bonds. The maximum absolute atomic E-state index is 12.0. The highest BCUT2D eigenvalue weighted by Crippen LogP contribution is 2.33. The molecule has 5 nitrogen and oxygen atoms in total. The summed E-state index contributed by atoms with van der Waals surface area (Å²) in [6, 6.07) is 0. The van der Waals surface area contributed by atoms with Crippen LogP contribution in [-0.4, -0.2) is 31.1 Å². The van der Waals surface area contributed by atoms with E-state index >= 15 is 0 Å². The molecular weight excluding hydrogens is 232 g/mol. The number of carbonyl (C=O) groups excluding carboxylic acids is 2. The van der Waals surface area contributed by atoms with Crippen molar-refractivity contribution in [2.45, 2.75) is 45.1 Å². The molecule has 0 radical (unpaired) electrons. The third-order valence-electron chi connectivity index (χ3n) is 3.87. The Hall–Kier alpha value is -1.10. The fourth-order valence-corrected chi connectivity index (χ4v) is 2.30. The number of ether oxygens (including phenoxy) is 1. The first-order chi connectivity index (χ1) is 8.45. The highest BCUT2D eigenvalue weighted by Gasteiger charge is 2.43. The predicted octanol–water partition coefficient (Wildman–Crippen LogP) is 0.819. The lowest BCUT2D eigenvalue weighted by Crippen LogP contribution is -2.58. The molecule has 0 spiro atoms. The van der Waals surface area contributed by atoms with Crippen LogP contribution >= 0.6 is 0 Å². The van der Waals surface area contributed by atoms with E-state index in [0.717, 1.165) is 12.8 Å². The van der Waals surface area contributed by atoms with Gasteiger partial charge in [-0.05, 0) is 31.6 Å². The average molecular weight is 256 g/mol. The first kappa shape index (κ1) is 15.0. The third-order valence-corrected chi connectivity index (χ3v) is 3.87. The van der Waals surface area contributed by atoms with Gasteiger partial charge in [-0.2, -0.15) is 0 Å². The molecule has 0 aromatic rings. The van der Waals surface area contributed by atoms with Gasteiger partial charge in [0.2, 0.25) is 5.91 Å². The Balaban J connectivity index is 2.79. The van der Waals surface area contributed by atoms with Gasteiger partial charge in [-0.1, -0.05) is 13.8 Å². The van der Waals surface area contributed by atoms with Crippen molar-refractivity contribution in [3.05, 3.63) is 0 Å². The number of nitrogens with one attached hydrogen (secondary N) is 1. The largest absolute Gasteiger partial charge is 0.467 e. The second kappa shape index (κ2) is 6.18. The Morgan fingerprint density at radius 2 is 2.00 bits per heavy atom. The molecule has 1 rings (SSSR count). The monoisotopic (exact) mass is 256 g/mol. The standard InChI is InChI=1S/C13H24N2O3/c1-9-4-6-13(7-5-9,12(17)18-3)15-11(16)10(2)8-14/h9-10H,4-8,14H2,1-3H3,(H,15,16). The lowest BCUT2D eigenvalue weighted by molar-refractivity contribution is -0.153. The molecule has 1 atom stereocenters. The van der Waals surface area contributed by atoms with E-state index in [0.29, 0.717) is 18.8 Å². The fourth-order valence-electron chi connectivity index (χ4n) is 2.30. The summed E-state index contributed by atoms with van der Waals surface area (Å²) in [5, 5.41) is 2.86. The molecule has 1 aliphatic carbocycles. The van der Waals surface area contributed by atoms with Crippen molar-refractivity contribution in [3.63, 3.8) is 0 Å². The summed E-state index contributed by atoms with van der Waals surface area (Å²) in [6.45, 7) is 4.19. The van der Waals surface area contributed by atoms with Crippen LogP contribution in [0.1, 0.15) is 39.5 Å². The second-order valence-electron chi connectivity index (χ2n) is 5.38. The number of amides is 1. The summed E-state index contributed by atoms with van der Waals surface area (Å²) in [4.78, 5) is 23.9. The molecule has 0 aromatic heterocycles. The first-order valence-corrected chi connectivity index (χ1v) is 6.55. The van der Waals surface area contributed by atoms with Crippen LogP contribution in [0.4, 0.5) is 0 Å². The molecule has 0 saturated heterocycles. The minimum Gasteiger partial charge on any atom is -0.467 e. The molecule has 104 valence electrons. The zero-order chi connectivity index (χ0) is 13.8. The Morgan fingerprint density at radius 1 is 1.44 bits per heavy atom. The Kier molecular flexibility index (Phi) is 5.14. The van der Waals surface area contributed by atoms with Gasteiger partial charge in [0.05, 0.1) is 7.11 Å². The zero-order valence-electron chi connectivity index (χ0n) is 11.5. The van der Waals surface area contributed by atoms with E-state index in [1.54, 1.807) is 6.92 Å². The molecular formula is C13H24N2O3. The number of carbonyl (C=O) groups is 2. The summed E-state index contributed by atoms with van der Waals surface area (Å²) < 4.78 is 4.86. The number of rotatable bonds is 4. The summed E-state index contributed by atoms with van der Waals surface area (Å²) in [5.74, 6) is -0.207. The van der Waals surface area contributed by atoms with Crippen LogP contribution in [0.5, 0.6) is 0 Å². The van der Waals surface area contributed by atoms with E-state index < -0.39 is 5.54 Å². The van der Waals surface area contributed by atoms with Crippen LogP contribution in [-0.2, 0) is 14.3 Å². The minimum absolute atomic E-state index is 0.169. The number of methoxy groups -OCH3 is 1. The normalized spacial score (nSPS) is 29.4. The number of esters is 1. The molecule has 18 heavy (non-hydrogen) atoms. The van der Waals surface area contributed by atoms with E-state index in [1.807, 2.05) is 0 Å². The molecule has 5 heteroatoms. The molecule has 1 unspecified atom stereocenters. The van der Waals surface area contributed by atoms with Crippen LogP contribution < -0.4 is 11.1 Å². The van der Waals surface area contributed by atoms with Crippen molar-refractivity contribution < 1.29 is 14.3 Å². The summed E-state index contributed by atoms with van der Waals surface area (Å²) in [6.07, 6.45) is 3.13. The highest BCUT2D eigenvalue weighted by atomic mass is 16.5. The predicted molar refractivity (Wildman–Crippen MR) is 68.7 cm³/mol. The average Bonchev–Trinajstić information content (AvgIpc) is 2.39. The lowest BCUT2D eigenvalue weighted by Gasteiger charge is -2.38. The molecule has 1 aliphatic rings. The topological polar surface area (TPSA) is 81.4 Å². The second-order valence-corrected chi connectivity index (χ2v) is 5.38. The SMILES string of the molecule is COC(=O)C1(NC(=O)C(C)CN)CCC(C)CC1. The maximum Gasteiger partial charge on any atom is 0.331 e. The van der Waals surface area contributed by atoms with E-state index in [9.17, 15) is 9.59 Å². The molecule has 0 bridgehead atoms. The van der Waals surface area contributed by atoms with Gasteiger partial charge in [0.25, 0.3) is 0 Å². The zero-order valence-corrected chi connectivity index (χ0v) is 11.5. The van der Waals surface area contributed by atoms with E-state index in [1.165, 1.54) is 7.11 Å². The van der Waals surface area contributed by atoms with Gasteiger partial charge in [0.15, 0.2) is 0 Å². The minimum atomic E-state index is -0.845. The smallest absolute Gasteiger partial charge is 0.331 e. The van der Waals surface area contributed by atoms with Gasteiger partial charge in [0.1, 0.15) is 5.54 Å². The van der Waals surface area contributed by atoms with Crippen LogP contribution in [0.15, 0.2) is 0 Å². The quantitative estimate of drug-likeness (QED) is 0.730. The molecule has 0 aliphatic heterocycles. The molecule has 0 heterocycles. The van der Waals surface area contributed by atoms with Crippen LogP contribution in [0.25, 0.3) is 0 Å². The first-order valence-electron chi connectivity index (χ1n) is 6.55. The Labute approximate surface area is 108 Å². The maximum atomic E-state index is 12.0. The number of nitrogens with two attached hydrogens (primary N) is 1. The van der Waals surface area contributed by atoms with Gasteiger partial charge in [0, 0.05) is 12.5 Å². The van der Waals surface area contributed by atoms with Crippen LogP contribution in [0, 0.1) is 11.8 Å². The van der Waals surface area contributed by atoms with Gasteiger partial charge in [-0.15, -0.1) is 0 Å². The van der Waals surface area contributed by atoms with E-state index in [4.69, 9.17) is 10.5 Å². The van der Waals surface area contributed by atoms with Crippen LogP contribution in [0.3, 0.4) is 0 Å². The summed E-state index contributed by atoms with van der Waals surface area (Å²) in [5.41, 5.74) is 4.63. The number of hydrogen-bond donors (Lipinski definition) is 2. The van der Waals surface area contributed by atoms with E-state index in [2.05, 4.69) is 12.2 Å². The van der Waals surface area contributed by atoms with Crippen molar-refractivity contribution in [2.75, 3.05) is 13.7 Å². The summed E-state index contributed by atoms with van der Waals surface area (Å²) in [7, 11) is 1.36. The van der Waals surface area contributed by atoms with E-state index in [-0.39, 0.29) is 24.3 Å². The third kappa shape index (κ3) is 3.22. The summed E-state index contributed by atoms with van der Waals surface area (Å²) >= 11 is 0. The van der Waals surface area contributed by atoms with Crippen molar-refractivity contribution >= 4 is 11.9 Å². The number of hydrogen-bond acceptors (Lipinski definition) is 4. The van der Waals surface area contributed by atoms with Crippen molar-refractivity contribution in [1.82, 2.24) is 5.32 Å². The van der Waals surface area contributed by atoms with Crippen molar-refractivity contribution in [3.8, 4) is 0 Å². The highest BCUT2D eigenvalue weighted by molar-refractivity contribution is 5.89.